The summed E-state index contributed by atoms with van der Waals surface area (Å²) in [7, 11) is 0. The van der Waals surface area contributed by atoms with Gasteiger partial charge < -0.3 is 10.2 Å². The van der Waals surface area contributed by atoms with Gasteiger partial charge in [0.15, 0.2) is 0 Å². The van der Waals surface area contributed by atoms with E-state index in [0.717, 1.165) is 5.56 Å². The molecule has 17 heavy (non-hydrogen) atoms. The van der Waals surface area contributed by atoms with Gasteiger partial charge in [-0.1, -0.05) is 66.2 Å². The molecule has 1 unspecified atom stereocenters. The van der Waals surface area contributed by atoms with E-state index >= 15 is 0 Å². The van der Waals surface area contributed by atoms with E-state index in [1.165, 1.54) is 5.56 Å². The zero-order chi connectivity index (χ0) is 12.5. The Morgan fingerprint density at radius 2 is 1.35 bits per heavy atom. The molecule has 0 saturated heterocycles. The van der Waals surface area contributed by atoms with Crippen LogP contribution in [-0.4, -0.2) is 16.8 Å². The van der Waals surface area contributed by atoms with E-state index < -0.39 is 6.10 Å². The summed E-state index contributed by atoms with van der Waals surface area (Å²) in [6.45, 7) is 1.87. The second-order valence-electron chi connectivity index (χ2n) is 3.76. The van der Waals surface area contributed by atoms with Crippen LogP contribution in [0.4, 0.5) is 0 Å². The van der Waals surface area contributed by atoms with Crippen molar-refractivity contribution in [3.63, 3.8) is 0 Å². The standard InChI is InChI=1S/C8H10O2.C7H8/c9-6-8(10)7-4-2-1-3-5-7;1-7-5-3-2-4-6-7/h1-5,8-10H,6H2;2-6H,1H3. The average Bonchev–Trinajstić information content (AvgIpc) is 2.40. The predicted octanol–water partition coefficient (Wildman–Crippen LogP) is 2.71. The van der Waals surface area contributed by atoms with E-state index in [1.54, 1.807) is 12.1 Å². The fraction of sp³-hybridized carbons (Fsp3) is 0.200. The van der Waals surface area contributed by atoms with Crippen molar-refractivity contribution < 1.29 is 10.2 Å². The van der Waals surface area contributed by atoms with Crippen molar-refractivity contribution in [1.29, 1.82) is 0 Å². The van der Waals surface area contributed by atoms with Gasteiger partial charge in [-0.2, -0.15) is 0 Å². The Balaban J connectivity index is 0.000000181. The van der Waals surface area contributed by atoms with E-state index in [-0.39, 0.29) is 6.61 Å². The van der Waals surface area contributed by atoms with Crippen LogP contribution in [0.2, 0.25) is 0 Å². The molecule has 0 radical (unpaired) electrons. The molecular formula is C15H18O2. The summed E-state index contributed by atoms with van der Waals surface area (Å²) in [5.41, 5.74) is 2.08. The Morgan fingerprint density at radius 1 is 0.882 bits per heavy atom. The third-order valence-corrected chi connectivity index (χ3v) is 2.30. The molecule has 0 aliphatic rings. The summed E-state index contributed by atoms with van der Waals surface area (Å²) in [5, 5.41) is 17.6. The topological polar surface area (TPSA) is 40.5 Å². The lowest BCUT2D eigenvalue weighted by atomic mass is 10.1. The van der Waals surface area contributed by atoms with Crippen molar-refractivity contribution in [1.82, 2.24) is 0 Å². The van der Waals surface area contributed by atoms with Crippen molar-refractivity contribution in [3.8, 4) is 0 Å². The van der Waals surface area contributed by atoms with Gasteiger partial charge in [0.1, 0.15) is 6.10 Å². The highest BCUT2D eigenvalue weighted by Gasteiger charge is 2.02. The van der Waals surface area contributed by atoms with E-state index in [1.807, 2.05) is 36.4 Å². The Kier molecular flexibility index (Phi) is 6.00. The Morgan fingerprint density at radius 3 is 1.71 bits per heavy atom. The summed E-state index contributed by atoms with van der Waals surface area (Å²) in [6, 6.07) is 19.3. The smallest absolute Gasteiger partial charge is 0.102 e. The molecule has 2 aromatic carbocycles. The average molecular weight is 230 g/mol. The van der Waals surface area contributed by atoms with Crippen molar-refractivity contribution in [3.05, 3.63) is 71.8 Å². The van der Waals surface area contributed by atoms with Crippen LogP contribution in [0, 0.1) is 6.92 Å². The monoisotopic (exact) mass is 230 g/mol. The highest BCUT2D eigenvalue weighted by molar-refractivity contribution is 5.17. The van der Waals surface area contributed by atoms with Gasteiger partial charge in [0.2, 0.25) is 0 Å². The van der Waals surface area contributed by atoms with E-state index in [2.05, 4.69) is 19.1 Å². The third-order valence-electron chi connectivity index (χ3n) is 2.30. The van der Waals surface area contributed by atoms with Crippen LogP contribution < -0.4 is 0 Å². The minimum absolute atomic E-state index is 0.218. The summed E-state index contributed by atoms with van der Waals surface area (Å²) in [4.78, 5) is 0. The number of aryl methyl sites for hydroxylation is 1. The molecule has 0 spiro atoms. The summed E-state index contributed by atoms with van der Waals surface area (Å²) < 4.78 is 0. The SMILES string of the molecule is Cc1ccccc1.OCC(O)c1ccccc1. The number of benzene rings is 2. The first-order valence-corrected chi connectivity index (χ1v) is 5.59. The highest BCUT2D eigenvalue weighted by Crippen LogP contribution is 2.09. The molecule has 0 fully saturated rings. The normalized spacial score (nSPS) is 11.2. The molecule has 90 valence electrons. The number of aliphatic hydroxyl groups is 2. The van der Waals surface area contributed by atoms with Crippen molar-refractivity contribution >= 4 is 0 Å². The maximum atomic E-state index is 9.08. The predicted molar refractivity (Wildman–Crippen MR) is 69.7 cm³/mol. The molecule has 2 N–H and O–H groups in total. The molecule has 0 saturated carbocycles. The lowest BCUT2D eigenvalue weighted by Gasteiger charge is -2.05. The van der Waals surface area contributed by atoms with Gasteiger partial charge >= 0.3 is 0 Å². The van der Waals surface area contributed by atoms with Crippen LogP contribution in [0.3, 0.4) is 0 Å². The molecule has 2 heteroatoms. The maximum absolute atomic E-state index is 9.08. The first-order chi connectivity index (χ1) is 8.24. The summed E-state index contributed by atoms with van der Waals surface area (Å²) in [5.74, 6) is 0. The van der Waals surface area contributed by atoms with Crippen molar-refractivity contribution in [2.24, 2.45) is 0 Å². The zero-order valence-corrected chi connectivity index (χ0v) is 9.95. The second kappa shape index (κ2) is 7.60. The van der Waals surface area contributed by atoms with Crippen molar-refractivity contribution in [2.45, 2.75) is 13.0 Å². The van der Waals surface area contributed by atoms with Crippen LogP contribution >= 0.6 is 0 Å². The van der Waals surface area contributed by atoms with Crippen LogP contribution in [-0.2, 0) is 0 Å². The zero-order valence-electron chi connectivity index (χ0n) is 9.95. The first-order valence-electron chi connectivity index (χ1n) is 5.59. The van der Waals surface area contributed by atoms with Gasteiger partial charge in [-0.05, 0) is 12.5 Å². The Bertz CT molecular complexity index is 398. The fourth-order valence-corrected chi connectivity index (χ4v) is 1.31. The lowest BCUT2D eigenvalue weighted by Crippen LogP contribution is -2.01. The first kappa shape index (κ1) is 13.4. The molecule has 0 amide bonds. The van der Waals surface area contributed by atoms with E-state index in [0.29, 0.717) is 0 Å². The lowest BCUT2D eigenvalue weighted by molar-refractivity contribution is 0.0956. The molecule has 0 aromatic heterocycles. The number of hydrogen-bond donors (Lipinski definition) is 2. The van der Waals surface area contributed by atoms with Crippen molar-refractivity contribution in [2.75, 3.05) is 6.61 Å². The molecule has 0 bridgehead atoms. The molecule has 2 aromatic rings. The van der Waals surface area contributed by atoms with Gasteiger partial charge in [0, 0.05) is 0 Å². The molecule has 1 atom stereocenters. The molecule has 2 rings (SSSR count). The van der Waals surface area contributed by atoms with Crippen LogP contribution in [0.15, 0.2) is 60.7 Å². The van der Waals surface area contributed by atoms with Gasteiger partial charge in [-0.3, -0.25) is 0 Å². The molecule has 0 aliphatic heterocycles. The molecule has 2 nitrogen and oxygen atoms in total. The summed E-state index contributed by atoms with van der Waals surface area (Å²) in [6.07, 6.45) is -0.735. The minimum atomic E-state index is -0.735. The minimum Gasteiger partial charge on any atom is -0.393 e. The van der Waals surface area contributed by atoms with Crippen LogP contribution in [0.25, 0.3) is 0 Å². The van der Waals surface area contributed by atoms with Crippen LogP contribution in [0.5, 0.6) is 0 Å². The molecule has 0 heterocycles. The third kappa shape index (κ3) is 5.29. The van der Waals surface area contributed by atoms with Gasteiger partial charge in [-0.15, -0.1) is 0 Å². The van der Waals surface area contributed by atoms with Crippen LogP contribution in [0.1, 0.15) is 17.2 Å². The number of rotatable bonds is 2. The van der Waals surface area contributed by atoms with Gasteiger partial charge in [0.25, 0.3) is 0 Å². The second-order valence-corrected chi connectivity index (χ2v) is 3.76. The molecular weight excluding hydrogens is 212 g/mol. The quantitative estimate of drug-likeness (QED) is 0.832. The Labute approximate surface area is 102 Å². The largest absolute Gasteiger partial charge is 0.393 e. The van der Waals surface area contributed by atoms with Gasteiger partial charge in [0.05, 0.1) is 6.61 Å². The maximum Gasteiger partial charge on any atom is 0.102 e. The molecule has 0 aliphatic carbocycles. The van der Waals surface area contributed by atoms with Gasteiger partial charge in [-0.25, -0.2) is 0 Å². The van der Waals surface area contributed by atoms with E-state index in [4.69, 9.17) is 10.2 Å². The Hall–Kier alpha value is -1.64. The number of aliphatic hydroxyl groups excluding tert-OH is 2. The number of hydrogen-bond acceptors (Lipinski definition) is 2. The van der Waals surface area contributed by atoms with E-state index in [9.17, 15) is 0 Å². The highest BCUT2D eigenvalue weighted by atomic mass is 16.3. The summed E-state index contributed by atoms with van der Waals surface area (Å²) >= 11 is 0. The fourth-order valence-electron chi connectivity index (χ4n) is 1.31.